The van der Waals surface area contributed by atoms with Gasteiger partial charge in [-0.3, -0.25) is 9.59 Å². The van der Waals surface area contributed by atoms with Gasteiger partial charge in [0.05, 0.1) is 17.9 Å². The predicted octanol–water partition coefficient (Wildman–Crippen LogP) is 4.54. The van der Waals surface area contributed by atoms with Crippen molar-refractivity contribution in [2.24, 2.45) is 5.92 Å². The van der Waals surface area contributed by atoms with Crippen LogP contribution in [0.5, 0.6) is 0 Å². The summed E-state index contributed by atoms with van der Waals surface area (Å²) in [6.45, 7) is 0.509. The molecular weight excluding hydrogens is 480 g/mol. The fourth-order valence-corrected chi connectivity index (χ4v) is 3.44. The molecule has 1 aliphatic rings. The van der Waals surface area contributed by atoms with Crippen molar-refractivity contribution in [1.82, 2.24) is 10.6 Å². The summed E-state index contributed by atoms with van der Waals surface area (Å²) in [5.41, 5.74) is -1.60. The molecular formula is C23H23F6N3O3. The molecule has 35 heavy (non-hydrogen) atoms. The Morgan fingerprint density at radius 3 is 2.26 bits per heavy atom. The standard InChI is InChI=1S/C23H23F6N3O3/c1-14(22(24,25)26)19(33)32-21(10-11-35-13-21)20(34)30-12-15-6-8-16(9-7-15)31-18-5-3-2-4-17(18)23(27,28)29/h2-9,14,31H,10-13H2,1H3,(H,30,34)(H,32,33). The van der Waals surface area contributed by atoms with Gasteiger partial charge in [-0.1, -0.05) is 24.3 Å². The van der Waals surface area contributed by atoms with Gasteiger partial charge in [0.1, 0.15) is 11.5 Å². The molecule has 2 aromatic carbocycles. The SMILES string of the molecule is CC(C(=O)NC1(C(=O)NCc2ccc(Nc3ccccc3C(F)(F)F)cc2)CCOC1)C(F)(F)F. The Morgan fingerprint density at radius 2 is 1.69 bits per heavy atom. The fraction of sp³-hybridized carbons (Fsp3) is 0.391. The van der Waals surface area contributed by atoms with Crippen LogP contribution in [-0.2, 0) is 27.0 Å². The van der Waals surface area contributed by atoms with E-state index >= 15 is 0 Å². The number of alkyl halides is 6. The number of carbonyl (C=O) groups excluding carboxylic acids is 2. The number of hydrogen-bond donors (Lipinski definition) is 3. The Morgan fingerprint density at radius 1 is 1.03 bits per heavy atom. The number of para-hydroxylation sites is 1. The highest BCUT2D eigenvalue weighted by Crippen LogP contribution is 2.36. The number of benzene rings is 2. The molecule has 0 bridgehead atoms. The van der Waals surface area contributed by atoms with E-state index in [0.29, 0.717) is 18.2 Å². The average molecular weight is 503 g/mol. The quantitative estimate of drug-likeness (QED) is 0.485. The third kappa shape index (κ3) is 6.44. The fourth-order valence-electron chi connectivity index (χ4n) is 3.44. The van der Waals surface area contributed by atoms with E-state index < -0.39 is 41.2 Å². The summed E-state index contributed by atoms with van der Waals surface area (Å²) < 4.78 is 83.2. The number of carbonyl (C=O) groups is 2. The molecule has 1 fully saturated rings. The number of halogens is 6. The number of hydrogen-bond acceptors (Lipinski definition) is 4. The zero-order valence-electron chi connectivity index (χ0n) is 18.5. The van der Waals surface area contributed by atoms with Crippen molar-refractivity contribution in [2.45, 2.75) is 37.8 Å². The minimum Gasteiger partial charge on any atom is -0.378 e. The maximum absolute atomic E-state index is 13.2. The smallest absolute Gasteiger partial charge is 0.378 e. The molecule has 12 heteroatoms. The zero-order valence-corrected chi connectivity index (χ0v) is 18.5. The van der Waals surface area contributed by atoms with Crippen LogP contribution in [0, 0.1) is 5.92 Å². The van der Waals surface area contributed by atoms with Crippen molar-refractivity contribution >= 4 is 23.2 Å². The van der Waals surface area contributed by atoms with Gasteiger partial charge in [-0.05, 0) is 36.8 Å². The summed E-state index contributed by atoms with van der Waals surface area (Å²) in [6.07, 6.45) is -9.27. The van der Waals surface area contributed by atoms with Crippen molar-refractivity contribution < 1.29 is 40.7 Å². The topological polar surface area (TPSA) is 79.5 Å². The van der Waals surface area contributed by atoms with Gasteiger partial charge in [0, 0.05) is 25.3 Å². The Balaban J connectivity index is 1.63. The Kier molecular flexibility index (Phi) is 7.63. The highest BCUT2D eigenvalue weighted by molar-refractivity contribution is 5.92. The summed E-state index contributed by atoms with van der Waals surface area (Å²) in [7, 11) is 0. The van der Waals surface area contributed by atoms with Crippen molar-refractivity contribution in [3.05, 3.63) is 59.7 Å². The molecule has 3 N–H and O–H groups in total. The van der Waals surface area contributed by atoms with E-state index in [1.54, 1.807) is 12.1 Å². The zero-order chi connectivity index (χ0) is 25.9. The first-order valence-electron chi connectivity index (χ1n) is 10.6. The van der Waals surface area contributed by atoms with Gasteiger partial charge in [0.2, 0.25) is 11.8 Å². The van der Waals surface area contributed by atoms with Crippen LogP contribution in [0.3, 0.4) is 0 Å². The lowest BCUT2D eigenvalue weighted by Gasteiger charge is -2.29. The first-order valence-corrected chi connectivity index (χ1v) is 10.6. The van der Waals surface area contributed by atoms with Crippen molar-refractivity contribution in [3.63, 3.8) is 0 Å². The monoisotopic (exact) mass is 503 g/mol. The number of anilines is 2. The lowest BCUT2D eigenvalue weighted by Crippen LogP contribution is -2.61. The van der Waals surface area contributed by atoms with Crippen LogP contribution in [0.2, 0.25) is 0 Å². The molecule has 2 amide bonds. The molecule has 2 unspecified atom stereocenters. The van der Waals surface area contributed by atoms with Gasteiger partial charge in [0.15, 0.2) is 0 Å². The second-order valence-corrected chi connectivity index (χ2v) is 8.19. The maximum atomic E-state index is 13.2. The van der Waals surface area contributed by atoms with E-state index in [4.69, 9.17) is 4.74 Å². The van der Waals surface area contributed by atoms with Crippen molar-refractivity contribution in [2.75, 3.05) is 18.5 Å². The molecule has 2 atom stereocenters. The highest BCUT2D eigenvalue weighted by Gasteiger charge is 2.48. The minimum atomic E-state index is -4.75. The van der Waals surface area contributed by atoms with E-state index in [9.17, 15) is 35.9 Å². The molecule has 0 aliphatic carbocycles. The summed E-state index contributed by atoms with van der Waals surface area (Å²) in [5, 5.41) is 7.47. The molecule has 1 heterocycles. The Hall–Kier alpha value is -3.28. The van der Waals surface area contributed by atoms with Gasteiger partial charge >= 0.3 is 12.4 Å². The van der Waals surface area contributed by atoms with Crippen molar-refractivity contribution in [3.8, 4) is 0 Å². The Bertz CT molecular complexity index is 1050. The Labute approximate surface area is 197 Å². The molecule has 190 valence electrons. The highest BCUT2D eigenvalue weighted by atomic mass is 19.4. The van der Waals surface area contributed by atoms with E-state index in [1.165, 1.54) is 30.3 Å². The summed E-state index contributed by atoms with van der Waals surface area (Å²) >= 11 is 0. The molecule has 2 aromatic rings. The summed E-state index contributed by atoms with van der Waals surface area (Å²) in [6, 6.07) is 11.2. The normalized spacial score (nSPS) is 19.2. The summed E-state index contributed by atoms with van der Waals surface area (Å²) in [4.78, 5) is 24.8. The van der Waals surface area contributed by atoms with Crippen LogP contribution in [0.15, 0.2) is 48.5 Å². The second kappa shape index (κ2) is 10.1. The van der Waals surface area contributed by atoms with Crippen LogP contribution in [0.25, 0.3) is 0 Å². The van der Waals surface area contributed by atoms with Crippen LogP contribution in [-0.4, -0.2) is 36.7 Å². The van der Waals surface area contributed by atoms with Gasteiger partial charge in [-0.15, -0.1) is 0 Å². The number of rotatable bonds is 7. The van der Waals surface area contributed by atoms with Crippen LogP contribution >= 0.6 is 0 Å². The van der Waals surface area contributed by atoms with Crippen LogP contribution < -0.4 is 16.0 Å². The summed E-state index contributed by atoms with van der Waals surface area (Å²) in [5.74, 6) is -4.32. The molecule has 1 aliphatic heterocycles. The predicted molar refractivity (Wildman–Crippen MR) is 115 cm³/mol. The van der Waals surface area contributed by atoms with Gasteiger partial charge in [-0.25, -0.2) is 0 Å². The van der Waals surface area contributed by atoms with Crippen LogP contribution in [0.1, 0.15) is 24.5 Å². The van der Waals surface area contributed by atoms with Crippen molar-refractivity contribution in [1.29, 1.82) is 0 Å². The van der Waals surface area contributed by atoms with Gasteiger partial charge in [0.25, 0.3) is 0 Å². The number of amides is 2. The molecule has 1 saturated heterocycles. The molecule has 0 radical (unpaired) electrons. The molecule has 3 rings (SSSR count). The minimum absolute atomic E-state index is 0.0105. The van der Waals surface area contributed by atoms with E-state index in [2.05, 4.69) is 16.0 Å². The molecule has 0 saturated carbocycles. The number of ether oxygens (including phenoxy) is 1. The second-order valence-electron chi connectivity index (χ2n) is 8.19. The molecule has 0 aromatic heterocycles. The molecule has 0 spiro atoms. The van der Waals surface area contributed by atoms with E-state index in [-0.39, 0.29) is 31.9 Å². The lowest BCUT2D eigenvalue weighted by molar-refractivity contribution is -0.180. The van der Waals surface area contributed by atoms with Crippen LogP contribution in [0.4, 0.5) is 37.7 Å². The average Bonchev–Trinajstić information content (AvgIpc) is 3.26. The molecule has 6 nitrogen and oxygen atoms in total. The number of nitrogens with one attached hydrogen (secondary N) is 3. The van der Waals surface area contributed by atoms with E-state index in [0.717, 1.165) is 6.07 Å². The third-order valence-corrected chi connectivity index (χ3v) is 5.62. The first-order chi connectivity index (χ1) is 16.3. The largest absolute Gasteiger partial charge is 0.418 e. The first kappa shape index (κ1) is 26.3. The third-order valence-electron chi connectivity index (χ3n) is 5.62. The lowest BCUT2D eigenvalue weighted by atomic mass is 9.95. The van der Waals surface area contributed by atoms with E-state index in [1.807, 2.05) is 0 Å². The van der Waals surface area contributed by atoms with Gasteiger partial charge in [-0.2, -0.15) is 26.3 Å². The maximum Gasteiger partial charge on any atom is 0.418 e. The van der Waals surface area contributed by atoms with Gasteiger partial charge < -0.3 is 20.7 Å².